The SMILES string of the molecule is COc1ccc(-c2nc(COCCc3ccccn3)co2)cc1. The Labute approximate surface area is 134 Å². The highest BCUT2D eigenvalue weighted by Crippen LogP contribution is 2.21. The molecular formula is C18H18N2O3. The van der Waals surface area contributed by atoms with E-state index in [0.29, 0.717) is 19.1 Å². The van der Waals surface area contributed by atoms with Crippen molar-refractivity contribution in [3.63, 3.8) is 0 Å². The third kappa shape index (κ3) is 4.17. The molecule has 0 N–H and O–H groups in total. The number of hydrogen-bond acceptors (Lipinski definition) is 5. The number of hydrogen-bond donors (Lipinski definition) is 0. The second-order valence-corrected chi connectivity index (χ2v) is 5.00. The van der Waals surface area contributed by atoms with Crippen LogP contribution in [0.4, 0.5) is 0 Å². The molecule has 0 aliphatic carbocycles. The predicted molar refractivity (Wildman–Crippen MR) is 86.1 cm³/mol. The van der Waals surface area contributed by atoms with E-state index in [1.807, 2.05) is 42.5 Å². The van der Waals surface area contributed by atoms with Gasteiger partial charge in [-0.15, -0.1) is 0 Å². The largest absolute Gasteiger partial charge is 0.497 e. The number of oxazole rings is 1. The van der Waals surface area contributed by atoms with Gasteiger partial charge in [-0.2, -0.15) is 0 Å². The molecule has 0 aliphatic rings. The van der Waals surface area contributed by atoms with Crippen LogP contribution < -0.4 is 4.74 Å². The predicted octanol–water partition coefficient (Wildman–Crippen LogP) is 3.50. The zero-order valence-corrected chi connectivity index (χ0v) is 12.9. The van der Waals surface area contributed by atoms with E-state index < -0.39 is 0 Å². The lowest BCUT2D eigenvalue weighted by Crippen LogP contribution is -2.00. The lowest BCUT2D eigenvalue weighted by Gasteiger charge is -2.01. The first-order valence-corrected chi connectivity index (χ1v) is 7.41. The molecule has 0 amide bonds. The number of ether oxygens (including phenoxy) is 2. The van der Waals surface area contributed by atoms with E-state index in [2.05, 4.69) is 9.97 Å². The molecule has 5 heteroatoms. The summed E-state index contributed by atoms with van der Waals surface area (Å²) in [6.45, 7) is 1.02. The van der Waals surface area contributed by atoms with Crippen molar-refractivity contribution in [3.05, 3.63) is 66.3 Å². The quantitative estimate of drug-likeness (QED) is 0.625. The Hall–Kier alpha value is -2.66. The van der Waals surface area contributed by atoms with E-state index in [9.17, 15) is 0 Å². The molecule has 0 saturated heterocycles. The van der Waals surface area contributed by atoms with E-state index in [4.69, 9.17) is 13.9 Å². The number of nitrogens with zero attached hydrogens (tertiary/aromatic N) is 2. The number of methoxy groups -OCH3 is 1. The third-order valence-corrected chi connectivity index (χ3v) is 3.37. The van der Waals surface area contributed by atoms with Crippen molar-refractivity contribution in [2.24, 2.45) is 0 Å². The minimum Gasteiger partial charge on any atom is -0.497 e. The summed E-state index contributed by atoms with van der Waals surface area (Å²) in [5, 5.41) is 0. The van der Waals surface area contributed by atoms with Crippen molar-refractivity contribution < 1.29 is 13.9 Å². The van der Waals surface area contributed by atoms with Crippen molar-refractivity contribution in [2.75, 3.05) is 13.7 Å². The van der Waals surface area contributed by atoms with E-state index in [1.165, 1.54) is 0 Å². The molecule has 0 fully saturated rings. The molecule has 5 nitrogen and oxygen atoms in total. The molecule has 0 radical (unpaired) electrons. The topological polar surface area (TPSA) is 57.4 Å². The van der Waals surface area contributed by atoms with Gasteiger partial charge in [-0.1, -0.05) is 6.07 Å². The lowest BCUT2D eigenvalue weighted by molar-refractivity contribution is 0.120. The molecule has 0 bridgehead atoms. The zero-order valence-electron chi connectivity index (χ0n) is 12.9. The van der Waals surface area contributed by atoms with Gasteiger partial charge >= 0.3 is 0 Å². The summed E-state index contributed by atoms with van der Waals surface area (Å²) >= 11 is 0. The van der Waals surface area contributed by atoms with Gasteiger partial charge in [0.15, 0.2) is 0 Å². The summed E-state index contributed by atoms with van der Waals surface area (Å²) < 4.78 is 16.3. The fraction of sp³-hybridized carbons (Fsp3) is 0.222. The normalized spacial score (nSPS) is 10.7. The molecular weight excluding hydrogens is 292 g/mol. The number of aromatic nitrogens is 2. The van der Waals surface area contributed by atoms with Crippen LogP contribution in [0.3, 0.4) is 0 Å². The van der Waals surface area contributed by atoms with Gasteiger partial charge in [-0.25, -0.2) is 4.98 Å². The second kappa shape index (κ2) is 7.56. The first-order chi connectivity index (χ1) is 11.3. The first-order valence-electron chi connectivity index (χ1n) is 7.41. The van der Waals surface area contributed by atoms with Gasteiger partial charge in [0.2, 0.25) is 5.89 Å². The number of benzene rings is 1. The molecule has 23 heavy (non-hydrogen) atoms. The van der Waals surface area contributed by atoms with E-state index in [-0.39, 0.29) is 0 Å². The highest BCUT2D eigenvalue weighted by molar-refractivity contribution is 5.54. The van der Waals surface area contributed by atoms with Crippen LogP contribution in [-0.4, -0.2) is 23.7 Å². The van der Waals surface area contributed by atoms with Gasteiger partial charge < -0.3 is 13.9 Å². The Morgan fingerprint density at radius 1 is 1.04 bits per heavy atom. The highest BCUT2D eigenvalue weighted by Gasteiger charge is 2.07. The number of pyridine rings is 1. The van der Waals surface area contributed by atoms with Crippen LogP contribution in [0.1, 0.15) is 11.4 Å². The molecule has 0 spiro atoms. The maximum atomic E-state index is 5.63. The Bertz CT molecular complexity index is 724. The average Bonchev–Trinajstić information content (AvgIpc) is 3.09. The summed E-state index contributed by atoms with van der Waals surface area (Å²) in [5.74, 6) is 1.38. The first kappa shape index (κ1) is 15.2. The maximum absolute atomic E-state index is 5.63. The van der Waals surface area contributed by atoms with Crippen LogP contribution in [0.5, 0.6) is 5.75 Å². The van der Waals surface area contributed by atoms with Gasteiger partial charge in [0.1, 0.15) is 17.7 Å². The zero-order chi connectivity index (χ0) is 15.9. The summed E-state index contributed by atoms with van der Waals surface area (Å²) in [6.07, 6.45) is 4.19. The van der Waals surface area contributed by atoms with Gasteiger partial charge in [-0.05, 0) is 36.4 Å². The lowest BCUT2D eigenvalue weighted by atomic mass is 10.2. The molecule has 2 aromatic heterocycles. The Kier molecular flexibility index (Phi) is 5.01. The fourth-order valence-electron chi connectivity index (χ4n) is 2.14. The van der Waals surface area contributed by atoms with E-state index in [0.717, 1.165) is 29.1 Å². The maximum Gasteiger partial charge on any atom is 0.226 e. The molecule has 0 saturated carbocycles. The molecule has 0 atom stereocenters. The fourth-order valence-corrected chi connectivity index (χ4v) is 2.14. The Morgan fingerprint density at radius 3 is 2.65 bits per heavy atom. The third-order valence-electron chi connectivity index (χ3n) is 3.37. The molecule has 3 rings (SSSR count). The van der Waals surface area contributed by atoms with Crippen LogP contribution in [0.15, 0.2) is 59.3 Å². The average molecular weight is 310 g/mol. The smallest absolute Gasteiger partial charge is 0.226 e. The van der Waals surface area contributed by atoms with Crippen LogP contribution in [0.2, 0.25) is 0 Å². The van der Waals surface area contributed by atoms with E-state index in [1.54, 1.807) is 19.6 Å². The van der Waals surface area contributed by atoms with Crippen molar-refractivity contribution in [2.45, 2.75) is 13.0 Å². The molecule has 0 unspecified atom stereocenters. The molecule has 1 aromatic carbocycles. The second-order valence-electron chi connectivity index (χ2n) is 5.00. The van der Waals surface area contributed by atoms with Crippen LogP contribution in [0.25, 0.3) is 11.5 Å². The van der Waals surface area contributed by atoms with Crippen molar-refractivity contribution in [1.29, 1.82) is 0 Å². The Morgan fingerprint density at radius 2 is 1.91 bits per heavy atom. The van der Waals surface area contributed by atoms with E-state index >= 15 is 0 Å². The minimum atomic E-state index is 0.423. The summed E-state index contributed by atoms with van der Waals surface area (Å²) in [4.78, 5) is 8.69. The Balaban J connectivity index is 1.51. The van der Waals surface area contributed by atoms with Crippen molar-refractivity contribution >= 4 is 0 Å². The monoisotopic (exact) mass is 310 g/mol. The van der Waals surface area contributed by atoms with Crippen LogP contribution in [0, 0.1) is 0 Å². The number of rotatable bonds is 7. The highest BCUT2D eigenvalue weighted by atomic mass is 16.5. The molecule has 3 aromatic rings. The van der Waals surface area contributed by atoms with Crippen molar-refractivity contribution in [1.82, 2.24) is 9.97 Å². The molecule has 0 aliphatic heterocycles. The van der Waals surface area contributed by atoms with Gasteiger partial charge in [0.25, 0.3) is 0 Å². The van der Waals surface area contributed by atoms with Gasteiger partial charge in [-0.3, -0.25) is 4.98 Å². The standard InChI is InChI=1S/C18H18N2O3/c1-21-17-7-5-14(6-8-17)18-20-16(13-23-18)12-22-11-9-15-4-2-3-10-19-15/h2-8,10,13H,9,11-12H2,1H3. The van der Waals surface area contributed by atoms with Crippen LogP contribution >= 0.6 is 0 Å². The summed E-state index contributed by atoms with van der Waals surface area (Å²) in [5.41, 5.74) is 2.70. The molecule has 2 heterocycles. The van der Waals surface area contributed by atoms with Gasteiger partial charge in [0.05, 0.1) is 20.3 Å². The van der Waals surface area contributed by atoms with Crippen molar-refractivity contribution in [3.8, 4) is 17.2 Å². The minimum absolute atomic E-state index is 0.423. The van der Waals surface area contributed by atoms with Crippen LogP contribution in [-0.2, 0) is 17.8 Å². The summed E-state index contributed by atoms with van der Waals surface area (Å²) in [6, 6.07) is 13.4. The summed E-state index contributed by atoms with van der Waals surface area (Å²) in [7, 11) is 1.64. The molecule has 118 valence electrons. The van der Waals surface area contributed by atoms with Gasteiger partial charge in [0, 0.05) is 23.9 Å².